The number of halogens is 3. The highest BCUT2D eigenvalue weighted by molar-refractivity contribution is 5.71. The van der Waals surface area contributed by atoms with Crippen molar-refractivity contribution in [3.05, 3.63) is 103 Å². The van der Waals surface area contributed by atoms with Crippen molar-refractivity contribution < 1.29 is 17.9 Å². The van der Waals surface area contributed by atoms with Crippen LogP contribution in [0.4, 0.5) is 13.2 Å². The Hall–Kier alpha value is -3.27. The Morgan fingerprint density at radius 3 is 2.09 bits per heavy atom. The Morgan fingerprint density at radius 2 is 1.46 bits per heavy atom. The minimum Gasteiger partial charge on any atom is -0.490 e. The number of benzene rings is 3. The molecular formula is C31H31F3O. The molecule has 0 amide bonds. The molecule has 35 heavy (non-hydrogen) atoms. The number of ether oxygens (including phenoxy) is 1. The van der Waals surface area contributed by atoms with Crippen LogP contribution in [0.2, 0.25) is 0 Å². The van der Waals surface area contributed by atoms with Crippen LogP contribution in [0.25, 0.3) is 22.3 Å². The molecule has 0 bridgehead atoms. The lowest BCUT2D eigenvalue weighted by atomic mass is 9.78. The summed E-state index contributed by atoms with van der Waals surface area (Å²) in [5.41, 5.74) is 2.87. The van der Waals surface area contributed by atoms with Crippen molar-refractivity contribution in [2.75, 3.05) is 6.61 Å². The van der Waals surface area contributed by atoms with E-state index >= 15 is 4.39 Å². The monoisotopic (exact) mass is 476 g/mol. The lowest BCUT2D eigenvalue weighted by Gasteiger charge is -2.27. The van der Waals surface area contributed by atoms with E-state index in [0.29, 0.717) is 34.9 Å². The average Bonchev–Trinajstić information content (AvgIpc) is 2.89. The van der Waals surface area contributed by atoms with Crippen LogP contribution in [0.3, 0.4) is 0 Å². The smallest absolute Gasteiger partial charge is 0.201 e. The second-order valence-corrected chi connectivity index (χ2v) is 9.18. The Balaban J connectivity index is 1.48. The van der Waals surface area contributed by atoms with Crippen LogP contribution >= 0.6 is 0 Å². The minimum absolute atomic E-state index is 0.105. The number of rotatable bonds is 9. The standard InChI is InChI=1S/C31H31F3O/c1-3-5-6-19-35-29-18-17-27(30(33)31(29)34)24-13-11-23(12-14-24)26-16-15-25(20-28(26)32)22-9-7-21(4-2)8-10-22/h3-4,11-18,20-22H,1-2,5-10,19H2. The van der Waals surface area contributed by atoms with Crippen LogP contribution in [0, 0.1) is 23.4 Å². The predicted octanol–water partition coefficient (Wildman–Crippen LogP) is 9.24. The van der Waals surface area contributed by atoms with Crippen LogP contribution in [0.15, 0.2) is 79.9 Å². The Morgan fingerprint density at radius 1 is 0.800 bits per heavy atom. The molecule has 0 aromatic heterocycles. The third-order valence-corrected chi connectivity index (χ3v) is 6.93. The van der Waals surface area contributed by atoms with E-state index in [0.717, 1.165) is 37.7 Å². The highest BCUT2D eigenvalue weighted by Crippen LogP contribution is 2.38. The number of hydrogen-bond acceptors (Lipinski definition) is 1. The zero-order valence-corrected chi connectivity index (χ0v) is 19.9. The van der Waals surface area contributed by atoms with Crippen molar-refractivity contribution in [3.8, 4) is 28.0 Å². The summed E-state index contributed by atoms with van der Waals surface area (Å²) in [6.07, 6.45) is 9.49. The largest absolute Gasteiger partial charge is 0.490 e. The zero-order valence-electron chi connectivity index (χ0n) is 19.9. The normalized spacial score (nSPS) is 17.7. The van der Waals surface area contributed by atoms with Gasteiger partial charge in [-0.05, 0) is 85.3 Å². The molecule has 4 rings (SSSR count). The van der Waals surface area contributed by atoms with E-state index < -0.39 is 11.6 Å². The van der Waals surface area contributed by atoms with E-state index in [1.807, 2.05) is 18.2 Å². The third kappa shape index (κ3) is 5.70. The van der Waals surface area contributed by atoms with Gasteiger partial charge < -0.3 is 4.74 Å². The van der Waals surface area contributed by atoms with Gasteiger partial charge >= 0.3 is 0 Å². The fraction of sp³-hybridized carbons (Fsp3) is 0.290. The van der Waals surface area contributed by atoms with E-state index in [4.69, 9.17) is 4.74 Å². The number of allylic oxidation sites excluding steroid dienone is 2. The molecule has 1 aliphatic rings. The molecule has 0 N–H and O–H groups in total. The first-order chi connectivity index (χ1) is 17.0. The van der Waals surface area contributed by atoms with Crippen LogP contribution in [-0.2, 0) is 0 Å². The van der Waals surface area contributed by atoms with Gasteiger partial charge in [0.1, 0.15) is 5.82 Å². The molecule has 3 aromatic carbocycles. The van der Waals surface area contributed by atoms with E-state index in [2.05, 4.69) is 13.2 Å². The van der Waals surface area contributed by atoms with Crippen LogP contribution in [-0.4, -0.2) is 6.61 Å². The second-order valence-electron chi connectivity index (χ2n) is 9.18. The van der Waals surface area contributed by atoms with Crippen molar-refractivity contribution in [2.24, 2.45) is 5.92 Å². The molecule has 0 aliphatic heterocycles. The molecule has 0 saturated heterocycles. The first kappa shape index (κ1) is 24.8. The average molecular weight is 477 g/mol. The maximum absolute atomic E-state index is 15.0. The molecule has 0 atom stereocenters. The Labute approximate surface area is 206 Å². The van der Waals surface area contributed by atoms with E-state index in [1.54, 1.807) is 36.4 Å². The van der Waals surface area contributed by atoms with Gasteiger partial charge in [-0.3, -0.25) is 0 Å². The SMILES string of the molecule is C=CCCCOc1ccc(-c2ccc(-c3ccc(C4CCC(C=C)CC4)cc3F)cc2)c(F)c1F. The molecule has 1 saturated carbocycles. The molecule has 1 fully saturated rings. The van der Waals surface area contributed by atoms with Gasteiger partial charge in [0.15, 0.2) is 11.6 Å². The molecule has 3 aromatic rings. The van der Waals surface area contributed by atoms with Gasteiger partial charge in [0.25, 0.3) is 0 Å². The van der Waals surface area contributed by atoms with Gasteiger partial charge in [0.2, 0.25) is 5.82 Å². The van der Waals surface area contributed by atoms with Gasteiger partial charge in [-0.25, -0.2) is 8.78 Å². The maximum Gasteiger partial charge on any atom is 0.201 e. The molecule has 4 heteroatoms. The second kappa shape index (κ2) is 11.4. The zero-order chi connectivity index (χ0) is 24.8. The molecule has 0 heterocycles. The fourth-order valence-electron chi connectivity index (χ4n) is 4.81. The molecule has 182 valence electrons. The van der Waals surface area contributed by atoms with Crippen LogP contribution in [0.5, 0.6) is 5.75 Å². The lowest BCUT2D eigenvalue weighted by molar-refractivity contribution is 0.291. The van der Waals surface area contributed by atoms with Gasteiger partial charge in [0, 0.05) is 11.1 Å². The van der Waals surface area contributed by atoms with Gasteiger partial charge in [0.05, 0.1) is 6.61 Å². The molecule has 1 aliphatic carbocycles. The summed E-state index contributed by atoms with van der Waals surface area (Å²) in [6, 6.07) is 15.3. The van der Waals surface area contributed by atoms with Gasteiger partial charge in [-0.1, -0.05) is 48.6 Å². The van der Waals surface area contributed by atoms with Crippen molar-refractivity contribution >= 4 is 0 Å². The summed E-state index contributed by atoms with van der Waals surface area (Å²) in [5.74, 6) is -1.39. The molecule has 0 unspecified atom stereocenters. The predicted molar refractivity (Wildman–Crippen MR) is 137 cm³/mol. The highest BCUT2D eigenvalue weighted by atomic mass is 19.2. The van der Waals surface area contributed by atoms with Crippen LogP contribution in [0.1, 0.15) is 50.0 Å². The van der Waals surface area contributed by atoms with E-state index in [-0.39, 0.29) is 23.7 Å². The Kier molecular flexibility index (Phi) is 8.12. The lowest BCUT2D eigenvalue weighted by Crippen LogP contribution is -2.11. The maximum atomic E-state index is 15.0. The van der Waals surface area contributed by atoms with Crippen molar-refractivity contribution in [3.63, 3.8) is 0 Å². The summed E-state index contributed by atoms with van der Waals surface area (Å²) >= 11 is 0. The third-order valence-electron chi connectivity index (χ3n) is 6.93. The van der Waals surface area contributed by atoms with Crippen molar-refractivity contribution in [2.45, 2.75) is 44.4 Å². The summed E-state index contributed by atoms with van der Waals surface area (Å²) in [4.78, 5) is 0. The van der Waals surface area contributed by atoms with Crippen molar-refractivity contribution in [1.82, 2.24) is 0 Å². The minimum atomic E-state index is -1.01. The summed E-state index contributed by atoms with van der Waals surface area (Å²) in [6.45, 7) is 7.80. The van der Waals surface area contributed by atoms with Gasteiger partial charge in [-0.2, -0.15) is 4.39 Å². The highest BCUT2D eigenvalue weighted by Gasteiger charge is 2.22. The number of unbranched alkanes of at least 4 members (excludes halogenated alkanes) is 1. The van der Waals surface area contributed by atoms with E-state index in [9.17, 15) is 8.78 Å². The molecule has 0 radical (unpaired) electrons. The van der Waals surface area contributed by atoms with Crippen LogP contribution < -0.4 is 4.74 Å². The van der Waals surface area contributed by atoms with Gasteiger partial charge in [-0.15, -0.1) is 13.2 Å². The van der Waals surface area contributed by atoms with E-state index in [1.165, 1.54) is 12.1 Å². The fourth-order valence-corrected chi connectivity index (χ4v) is 4.81. The molecular weight excluding hydrogens is 445 g/mol. The quantitative estimate of drug-likeness (QED) is 0.221. The molecule has 0 spiro atoms. The summed E-state index contributed by atoms with van der Waals surface area (Å²) in [7, 11) is 0. The summed E-state index contributed by atoms with van der Waals surface area (Å²) in [5, 5.41) is 0. The Bertz CT molecular complexity index is 1170. The molecule has 1 nitrogen and oxygen atoms in total. The topological polar surface area (TPSA) is 9.23 Å². The first-order valence-electron chi connectivity index (χ1n) is 12.3. The number of hydrogen-bond donors (Lipinski definition) is 0. The summed E-state index contributed by atoms with van der Waals surface area (Å²) < 4.78 is 49.6. The first-order valence-corrected chi connectivity index (χ1v) is 12.3. The van der Waals surface area contributed by atoms with Crippen molar-refractivity contribution in [1.29, 1.82) is 0 Å².